The van der Waals surface area contributed by atoms with E-state index in [1.54, 1.807) is 29.2 Å². The minimum atomic E-state index is -3.06. The van der Waals surface area contributed by atoms with Crippen LogP contribution in [0, 0.1) is 5.92 Å². The van der Waals surface area contributed by atoms with Crippen LogP contribution < -0.4 is 5.32 Å². The first-order valence-corrected chi connectivity index (χ1v) is 12.1. The van der Waals surface area contributed by atoms with Crippen molar-refractivity contribution in [3.8, 4) is 0 Å². The van der Waals surface area contributed by atoms with Crippen LogP contribution in [0.3, 0.4) is 0 Å². The summed E-state index contributed by atoms with van der Waals surface area (Å²) in [4.78, 5) is 27.3. The van der Waals surface area contributed by atoms with E-state index in [9.17, 15) is 18.0 Å². The molecule has 1 saturated carbocycles. The molecule has 1 atom stereocenters. The lowest BCUT2D eigenvalue weighted by Gasteiger charge is -2.28. The largest absolute Gasteiger partial charge is 0.335 e. The Hall–Kier alpha value is -1.89. The van der Waals surface area contributed by atoms with Gasteiger partial charge in [-0.25, -0.2) is 8.42 Å². The van der Waals surface area contributed by atoms with Gasteiger partial charge in [-0.05, 0) is 43.9 Å². The summed E-state index contributed by atoms with van der Waals surface area (Å²) in [6.45, 7) is 2.50. The van der Waals surface area contributed by atoms with Crippen molar-refractivity contribution in [2.75, 3.05) is 23.4 Å². The second kappa shape index (κ2) is 9.07. The van der Waals surface area contributed by atoms with Crippen LogP contribution in [-0.4, -0.2) is 49.2 Å². The molecule has 1 aromatic carbocycles. The smallest absolute Gasteiger partial charge is 0.254 e. The molecule has 1 aromatic rings. The number of nitrogens with zero attached hydrogens (tertiary/aromatic N) is 1. The van der Waals surface area contributed by atoms with E-state index in [2.05, 4.69) is 5.32 Å². The molecule has 0 spiro atoms. The predicted octanol–water partition coefficient (Wildman–Crippen LogP) is 3.24. The number of hydrogen-bond donors (Lipinski definition) is 1. The first-order chi connectivity index (χ1) is 13.4. The molecule has 1 heterocycles. The normalized spacial score (nSPS) is 22.0. The van der Waals surface area contributed by atoms with Gasteiger partial charge in [-0.2, -0.15) is 0 Å². The average molecular weight is 407 g/mol. The summed E-state index contributed by atoms with van der Waals surface area (Å²) in [5.41, 5.74) is 1.11. The first-order valence-electron chi connectivity index (χ1n) is 10.3. The summed E-state index contributed by atoms with van der Waals surface area (Å²) >= 11 is 0. The molecule has 0 radical (unpaired) electrons. The molecule has 2 fully saturated rings. The van der Waals surface area contributed by atoms with Gasteiger partial charge >= 0.3 is 0 Å². The van der Waals surface area contributed by atoms with Crippen LogP contribution in [0.25, 0.3) is 0 Å². The average Bonchev–Trinajstić information content (AvgIpc) is 3.06. The third kappa shape index (κ3) is 5.13. The van der Waals surface area contributed by atoms with Crippen LogP contribution >= 0.6 is 0 Å². The SMILES string of the molecule is CCCN(C(=O)c1cccc(NC(=O)C2CCCCC2)c1)C1CCS(=O)(=O)C1. The van der Waals surface area contributed by atoms with Gasteiger partial charge in [-0.15, -0.1) is 0 Å². The Balaban J connectivity index is 1.72. The van der Waals surface area contributed by atoms with Gasteiger partial charge in [0.1, 0.15) is 0 Å². The number of amides is 2. The highest BCUT2D eigenvalue weighted by Gasteiger charge is 2.34. The summed E-state index contributed by atoms with van der Waals surface area (Å²) < 4.78 is 23.7. The topological polar surface area (TPSA) is 83.6 Å². The van der Waals surface area contributed by atoms with Gasteiger partial charge in [0.25, 0.3) is 5.91 Å². The zero-order valence-corrected chi connectivity index (χ0v) is 17.3. The van der Waals surface area contributed by atoms with E-state index in [0.717, 1.165) is 32.1 Å². The number of anilines is 1. The Kier molecular flexibility index (Phi) is 6.75. The van der Waals surface area contributed by atoms with Crippen molar-refractivity contribution in [3.63, 3.8) is 0 Å². The number of hydrogen-bond acceptors (Lipinski definition) is 4. The summed E-state index contributed by atoms with van der Waals surface area (Å²) in [7, 11) is -3.06. The van der Waals surface area contributed by atoms with Crippen molar-refractivity contribution in [3.05, 3.63) is 29.8 Å². The lowest BCUT2D eigenvalue weighted by atomic mass is 9.88. The molecular formula is C21H30N2O4S. The van der Waals surface area contributed by atoms with Crippen molar-refractivity contribution in [1.82, 2.24) is 4.90 Å². The van der Waals surface area contributed by atoms with Crippen LogP contribution in [0.15, 0.2) is 24.3 Å². The highest BCUT2D eigenvalue weighted by atomic mass is 32.2. The summed E-state index contributed by atoms with van der Waals surface area (Å²) in [5, 5.41) is 2.95. The van der Waals surface area contributed by atoms with Gasteiger partial charge < -0.3 is 10.2 Å². The minimum Gasteiger partial charge on any atom is -0.335 e. The van der Waals surface area contributed by atoms with Crippen molar-refractivity contribution in [2.45, 2.75) is 57.9 Å². The van der Waals surface area contributed by atoms with Gasteiger partial charge in [0.15, 0.2) is 9.84 Å². The Morgan fingerprint density at radius 2 is 1.89 bits per heavy atom. The Labute approximate surface area is 167 Å². The third-order valence-corrected chi connectivity index (χ3v) is 7.48. The van der Waals surface area contributed by atoms with Crippen LogP contribution in [0.1, 0.15) is 62.2 Å². The zero-order chi connectivity index (χ0) is 20.1. The molecule has 7 heteroatoms. The van der Waals surface area contributed by atoms with E-state index < -0.39 is 9.84 Å². The maximum Gasteiger partial charge on any atom is 0.254 e. The molecule has 1 saturated heterocycles. The van der Waals surface area contributed by atoms with Gasteiger partial charge in [0.2, 0.25) is 5.91 Å². The predicted molar refractivity (Wildman–Crippen MR) is 110 cm³/mol. The molecule has 1 N–H and O–H groups in total. The lowest BCUT2D eigenvalue weighted by molar-refractivity contribution is -0.120. The summed E-state index contributed by atoms with van der Waals surface area (Å²) in [6.07, 6.45) is 6.47. The molecule has 6 nitrogen and oxygen atoms in total. The van der Waals surface area contributed by atoms with Gasteiger partial charge in [0.05, 0.1) is 11.5 Å². The van der Waals surface area contributed by atoms with Crippen molar-refractivity contribution < 1.29 is 18.0 Å². The molecule has 1 unspecified atom stereocenters. The van der Waals surface area contributed by atoms with Crippen molar-refractivity contribution >= 4 is 27.3 Å². The van der Waals surface area contributed by atoms with E-state index in [4.69, 9.17) is 0 Å². The standard InChI is InChI=1S/C21H30N2O4S/c1-2-12-23(19-11-13-28(26,27)15-19)21(25)17-9-6-10-18(14-17)22-20(24)16-7-4-3-5-8-16/h6,9-10,14,16,19H,2-5,7-8,11-13,15H2,1H3,(H,22,24). The third-order valence-electron chi connectivity index (χ3n) is 5.73. The quantitative estimate of drug-likeness (QED) is 0.786. The Morgan fingerprint density at radius 3 is 2.54 bits per heavy atom. The van der Waals surface area contributed by atoms with E-state index in [1.165, 1.54) is 6.42 Å². The van der Waals surface area contributed by atoms with E-state index in [0.29, 0.717) is 24.2 Å². The van der Waals surface area contributed by atoms with Crippen LogP contribution in [0.5, 0.6) is 0 Å². The van der Waals surface area contributed by atoms with E-state index in [1.807, 2.05) is 6.92 Å². The lowest BCUT2D eigenvalue weighted by Crippen LogP contribution is -2.41. The second-order valence-electron chi connectivity index (χ2n) is 7.96. The molecular weight excluding hydrogens is 376 g/mol. The Bertz CT molecular complexity index is 815. The first kappa shape index (κ1) is 20.8. The number of sulfone groups is 1. The molecule has 1 aliphatic carbocycles. The number of carbonyl (C=O) groups excluding carboxylic acids is 2. The molecule has 28 heavy (non-hydrogen) atoms. The second-order valence-corrected chi connectivity index (χ2v) is 10.2. The maximum absolute atomic E-state index is 13.1. The summed E-state index contributed by atoms with van der Waals surface area (Å²) in [5.74, 6) is 0.0853. The molecule has 154 valence electrons. The number of benzene rings is 1. The highest BCUT2D eigenvalue weighted by Crippen LogP contribution is 2.26. The van der Waals surface area contributed by atoms with Gasteiger partial charge in [-0.3, -0.25) is 9.59 Å². The fraction of sp³-hybridized carbons (Fsp3) is 0.619. The number of nitrogens with one attached hydrogen (secondary N) is 1. The molecule has 0 aromatic heterocycles. The van der Waals surface area contributed by atoms with Crippen molar-refractivity contribution in [1.29, 1.82) is 0 Å². The fourth-order valence-corrected chi connectivity index (χ4v) is 5.95. The van der Waals surface area contributed by atoms with Crippen LogP contribution in [0.2, 0.25) is 0 Å². The molecule has 2 amide bonds. The molecule has 3 rings (SSSR count). The van der Waals surface area contributed by atoms with Crippen molar-refractivity contribution in [2.24, 2.45) is 5.92 Å². The van der Waals surface area contributed by atoms with Crippen LogP contribution in [-0.2, 0) is 14.6 Å². The summed E-state index contributed by atoms with van der Waals surface area (Å²) in [6, 6.07) is 6.72. The maximum atomic E-state index is 13.1. The van der Waals surface area contributed by atoms with E-state index >= 15 is 0 Å². The minimum absolute atomic E-state index is 0.0246. The zero-order valence-electron chi connectivity index (χ0n) is 16.5. The van der Waals surface area contributed by atoms with Gasteiger partial charge in [-0.1, -0.05) is 32.3 Å². The monoisotopic (exact) mass is 406 g/mol. The van der Waals surface area contributed by atoms with Crippen LogP contribution in [0.4, 0.5) is 5.69 Å². The number of rotatable bonds is 6. The highest BCUT2D eigenvalue weighted by molar-refractivity contribution is 7.91. The molecule has 0 bridgehead atoms. The Morgan fingerprint density at radius 1 is 1.14 bits per heavy atom. The molecule has 2 aliphatic rings. The van der Waals surface area contributed by atoms with Gasteiger partial charge in [0, 0.05) is 29.8 Å². The fourth-order valence-electron chi connectivity index (χ4n) is 4.22. The molecule has 1 aliphatic heterocycles. The van der Waals surface area contributed by atoms with E-state index in [-0.39, 0.29) is 35.3 Å². The number of carbonyl (C=O) groups is 2.